The average Bonchev–Trinajstić information content (AvgIpc) is 3.11. The number of likely N-dealkylation sites (N-methyl/N-ethyl adjacent to an activating group) is 1. The van der Waals surface area contributed by atoms with Gasteiger partial charge < -0.3 is 15.5 Å². The Balaban J connectivity index is 1.72. The molecule has 2 rings (SSSR count). The number of rotatable bonds is 7. The van der Waals surface area contributed by atoms with Gasteiger partial charge >= 0.3 is 6.03 Å². The number of urea groups is 1. The Hall–Kier alpha value is -1.86. The van der Waals surface area contributed by atoms with Gasteiger partial charge in [0.25, 0.3) is 0 Å². The topological polar surface area (TPSA) is 62.2 Å². The molecule has 1 atom stereocenters. The van der Waals surface area contributed by atoms with Crippen LogP contribution in [0.5, 0.6) is 0 Å². The lowest BCUT2D eigenvalue weighted by atomic mass is 10.2. The molecule has 0 bridgehead atoms. The molecule has 22 heavy (non-hydrogen) atoms. The number of thiophene rings is 1. The Kier molecular flexibility index (Phi) is 5.97. The third-order valence-corrected chi connectivity index (χ3v) is 4.38. The van der Waals surface area contributed by atoms with E-state index in [2.05, 4.69) is 32.1 Å². The molecule has 7 heteroatoms. The minimum Gasteiger partial charge on any atom is -0.338 e. The van der Waals surface area contributed by atoms with Gasteiger partial charge in [-0.3, -0.25) is 4.68 Å². The highest BCUT2D eigenvalue weighted by Gasteiger charge is 2.15. The molecule has 0 saturated carbocycles. The quantitative estimate of drug-likeness (QED) is 0.815. The number of nitrogens with one attached hydrogen (secondary N) is 2. The highest BCUT2D eigenvalue weighted by molar-refractivity contribution is 7.10. The average molecular weight is 321 g/mol. The number of aryl methyl sites for hydroxylation is 1. The Morgan fingerprint density at radius 1 is 1.45 bits per heavy atom. The van der Waals surface area contributed by atoms with Crippen LogP contribution >= 0.6 is 11.3 Å². The molecule has 2 amide bonds. The zero-order valence-corrected chi connectivity index (χ0v) is 14.1. The van der Waals surface area contributed by atoms with Crippen LogP contribution in [-0.2, 0) is 13.5 Å². The Bertz CT molecular complexity index is 579. The van der Waals surface area contributed by atoms with Gasteiger partial charge in [0.05, 0.1) is 12.2 Å². The lowest BCUT2D eigenvalue weighted by Gasteiger charge is -2.23. The van der Waals surface area contributed by atoms with Gasteiger partial charge in [-0.2, -0.15) is 5.10 Å². The first-order chi connectivity index (χ1) is 10.6. The van der Waals surface area contributed by atoms with E-state index in [-0.39, 0.29) is 12.1 Å². The summed E-state index contributed by atoms with van der Waals surface area (Å²) in [6.45, 7) is 1.19. The van der Waals surface area contributed by atoms with Gasteiger partial charge in [-0.1, -0.05) is 6.07 Å². The van der Waals surface area contributed by atoms with Crippen molar-refractivity contribution in [1.82, 2.24) is 25.3 Å². The Morgan fingerprint density at radius 3 is 2.86 bits per heavy atom. The molecule has 0 spiro atoms. The largest absolute Gasteiger partial charge is 0.338 e. The molecular weight excluding hydrogens is 298 g/mol. The van der Waals surface area contributed by atoms with Gasteiger partial charge in [0.2, 0.25) is 0 Å². The minimum atomic E-state index is -0.132. The number of hydrogen-bond donors (Lipinski definition) is 2. The first kappa shape index (κ1) is 16.5. The van der Waals surface area contributed by atoms with Crippen molar-refractivity contribution >= 4 is 17.4 Å². The van der Waals surface area contributed by atoms with E-state index >= 15 is 0 Å². The summed E-state index contributed by atoms with van der Waals surface area (Å²) in [6, 6.07) is 4.19. The maximum Gasteiger partial charge on any atom is 0.314 e. The van der Waals surface area contributed by atoms with E-state index < -0.39 is 0 Å². The van der Waals surface area contributed by atoms with Crippen molar-refractivity contribution in [2.75, 3.05) is 27.2 Å². The van der Waals surface area contributed by atoms with E-state index in [0.29, 0.717) is 13.1 Å². The molecule has 2 aromatic heterocycles. The smallest absolute Gasteiger partial charge is 0.314 e. The van der Waals surface area contributed by atoms with Crippen molar-refractivity contribution in [2.24, 2.45) is 7.05 Å². The standard InChI is InChI=1S/C15H23N5OS/c1-19(2)13(14-5-4-8-22-14)10-17-15(21)16-7-6-12-9-18-20(3)11-12/h4-5,8-9,11,13H,6-7,10H2,1-3H3,(H2,16,17,21)/t13-/m1/s1. The molecule has 6 nitrogen and oxygen atoms in total. The predicted molar refractivity (Wildman–Crippen MR) is 89.1 cm³/mol. The fraction of sp³-hybridized carbons (Fsp3) is 0.467. The summed E-state index contributed by atoms with van der Waals surface area (Å²) in [6.07, 6.45) is 4.56. The van der Waals surface area contributed by atoms with Crippen molar-refractivity contribution in [3.8, 4) is 0 Å². The van der Waals surface area contributed by atoms with E-state index in [1.807, 2.05) is 39.6 Å². The fourth-order valence-corrected chi connectivity index (χ4v) is 3.11. The van der Waals surface area contributed by atoms with Crippen LogP contribution in [0.25, 0.3) is 0 Å². The molecule has 2 aromatic rings. The van der Waals surface area contributed by atoms with Crippen LogP contribution in [0.2, 0.25) is 0 Å². The SMILES string of the molecule is CN(C)[C@H](CNC(=O)NCCc1cnn(C)c1)c1cccs1. The first-order valence-corrected chi connectivity index (χ1v) is 8.13. The number of amides is 2. The third kappa shape index (κ3) is 4.85. The third-order valence-electron chi connectivity index (χ3n) is 3.41. The van der Waals surface area contributed by atoms with Crippen LogP contribution in [0.4, 0.5) is 4.79 Å². The van der Waals surface area contributed by atoms with Gasteiger partial charge in [-0.25, -0.2) is 4.79 Å². The second kappa shape index (κ2) is 7.95. The number of nitrogens with zero attached hydrogens (tertiary/aromatic N) is 3. The zero-order valence-electron chi connectivity index (χ0n) is 13.2. The summed E-state index contributed by atoms with van der Waals surface area (Å²) < 4.78 is 1.76. The van der Waals surface area contributed by atoms with E-state index in [0.717, 1.165) is 12.0 Å². The number of carbonyl (C=O) groups is 1. The van der Waals surface area contributed by atoms with E-state index in [1.54, 1.807) is 16.0 Å². The van der Waals surface area contributed by atoms with Crippen LogP contribution in [0.15, 0.2) is 29.9 Å². The molecule has 2 heterocycles. The fourth-order valence-electron chi connectivity index (χ4n) is 2.19. The highest BCUT2D eigenvalue weighted by Crippen LogP contribution is 2.22. The number of carbonyl (C=O) groups excluding carboxylic acids is 1. The predicted octanol–water partition coefficient (Wildman–Crippen LogP) is 1.63. The maximum absolute atomic E-state index is 11.9. The summed E-state index contributed by atoms with van der Waals surface area (Å²) in [5, 5.41) is 12.0. The van der Waals surface area contributed by atoms with Crippen molar-refractivity contribution in [3.05, 3.63) is 40.3 Å². The molecule has 0 aliphatic rings. The lowest BCUT2D eigenvalue weighted by Crippen LogP contribution is -2.41. The molecule has 0 radical (unpaired) electrons. The van der Waals surface area contributed by atoms with Crippen molar-refractivity contribution in [3.63, 3.8) is 0 Å². The van der Waals surface area contributed by atoms with Crippen molar-refractivity contribution in [2.45, 2.75) is 12.5 Å². The van der Waals surface area contributed by atoms with Gasteiger partial charge in [0.15, 0.2) is 0 Å². The second-order valence-electron chi connectivity index (χ2n) is 5.40. The van der Waals surface area contributed by atoms with E-state index in [9.17, 15) is 4.79 Å². The molecule has 0 aromatic carbocycles. The molecule has 0 unspecified atom stereocenters. The summed E-state index contributed by atoms with van der Waals surface area (Å²) in [5.74, 6) is 0. The molecule has 2 N–H and O–H groups in total. The van der Waals surface area contributed by atoms with Gasteiger partial charge in [0.1, 0.15) is 0 Å². The zero-order chi connectivity index (χ0) is 15.9. The number of hydrogen-bond acceptors (Lipinski definition) is 4. The molecule has 120 valence electrons. The van der Waals surface area contributed by atoms with Crippen LogP contribution in [-0.4, -0.2) is 47.9 Å². The highest BCUT2D eigenvalue weighted by atomic mass is 32.1. The molecule has 0 fully saturated rings. The number of aromatic nitrogens is 2. The summed E-state index contributed by atoms with van der Waals surface area (Å²) >= 11 is 1.71. The van der Waals surface area contributed by atoms with Gasteiger partial charge in [-0.05, 0) is 37.5 Å². The van der Waals surface area contributed by atoms with Crippen LogP contribution < -0.4 is 10.6 Å². The van der Waals surface area contributed by atoms with Crippen LogP contribution in [0.1, 0.15) is 16.5 Å². The first-order valence-electron chi connectivity index (χ1n) is 7.25. The molecule has 0 aliphatic heterocycles. The van der Waals surface area contributed by atoms with Crippen LogP contribution in [0.3, 0.4) is 0 Å². The minimum absolute atomic E-state index is 0.132. The maximum atomic E-state index is 11.9. The summed E-state index contributed by atoms with van der Waals surface area (Å²) in [7, 11) is 5.92. The van der Waals surface area contributed by atoms with Crippen molar-refractivity contribution in [1.29, 1.82) is 0 Å². The molecular formula is C15H23N5OS. The van der Waals surface area contributed by atoms with E-state index in [4.69, 9.17) is 0 Å². The van der Waals surface area contributed by atoms with Gasteiger partial charge in [0, 0.05) is 31.2 Å². The Labute approximate surface area is 135 Å². The monoisotopic (exact) mass is 321 g/mol. The molecule has 0 aliphatic carbocycles. The Morgan fingerprint density at radius 2 is 2.27 bits per heavy atom. The lowest BCUT2D eigenvalue weighted by molar-refractivity contribution is 0.233. The second-order valence-corrected chi connectivity index (χ2v) is 6.38. The summed E-state index contributed by atoms with van der Waals surface area (Å²) in [4.78, 5) is 15.2. The normalized spacial score (nSPS) is 12.4. The van der Waals surface area contributed by atoms with Crippen molar-refractivity contribution < 1.29 is 4.79 Å². The van der Waals surface area contributed by atoms with Crippen LogP contribution in [0, 0.1) is 0 Å². The molecule has 0 saturated heterocycles. The van der Waals surface area contributed by atoms with Gasteiger partial charge in [-0.15, -0.1) is 11.3 Å². The van der Waals surface area contributed by atoms with E-state index in [1.165, 1.54) is 4.88 Å². The summed E-state index contributed by atoms with van der Waals surface area (Å²) in [5.41, 5.74) is 1.12.